The fourth-order valence-corrected chi connectivity index (χ4v) is 2.82. The van der Waals surface area contributed by atoms with Crippen LogP contribution in [0, 0.1) is 11.8 Å². The van der Waals surface area contributed by atoms with E-state index in [0.29, 0.717) is 25.9 Å². The maximum atomic E-state index is 12.4. The van der Waals surface area contributed by atoms with Crippen LogP contribution in [0.4, 0.5) is 0 Å². The second kappa shape index (κ2) is 9.68. The maximum absolute atomic E-state index is 12.4. The molecule has 0 saturated carbocycles. The van der Waals surface area contributed by atoms with Crippen LogP contribution in [0.1, 0.15) is 30.2 Å². The third-order valence-corrected chi connectivity index (χ3v) is 4.53. The number of nitrogens with two attached hydrogens (primary N) is 2. The van der Waals surface area contributed by atoms with Crippen molar-refractivity contribution in [2.75, 3.05) is 0 Å². The highest BCUT2D eigenvalue weighted by molar-refractivity contribution is 5.86. The lowest BCUT2D eigenvalue weighted by molar-refractivity contribution is -0.133. The van der Waals surface area contributed by atoms with Gasteiger partial charge in [0.1, 0.15) is 0 Å². The van der Waals surface area contributed by atoms with Crippen molar-refractivity contribution < 1.29 is 9.59 Å². The molecule has 0 saturated heterocycles. The molecule has 26 heavy (non-hydrogen) atoms. The van der Waals surface area contributed by atoms with Crippen LogP contribution in [0.5, 0.6) is 0 Å². The van der Waals surface area contributed by atoms with Crippen molar-refractivity contribution in [1.29, 1.82) is 0 Å². The zero-order valence-electron chi connectivity index (χ0n) is 15.0. The van der Waals surface area contributed by atoms with E-state index in [1.165, 1.54) is 0 Å². The number of hydrogen-bond acceptors (Lipinski definition) is 4. The van der Waals surface area contributed by atoms with E-state index >= 15 is 0 Å². The normalized spacial score (nSPS) is 13.0. The lowest BCUT2D eigenvalue weighted by atomic mass is 9.87. The van der Waals surface area contributed by atoms with Gasteiger partial charge >= 0.3 is 0 Å². The van der Waals surface area contributed by atoms with E-state index in [4.69, 9.17) is 11.5 Å². The Kier molecular flexibility index (Phi) is 7.29. The third-order valence-electron chi connectivity index (χ3n) is 4.53. The summed E-state index contributed by atoms with van der Waals surface area (Å²) in [5.74, 6) is -1.64. The lowest BCUT2D eigenvalue weighted by Crippen LogP contribution is -2.39. The quantitative estimate of drug-likeness (QED) is 0.634. The molecule has 6 nitrogen and oxygen atoms in total. The summed E-state index contributed by atoms with van der Waals surface area (Å²) < 4.78 is 0. The van der Waals surface area contributed by atoms with Crippen LogP contribution in [0.25, 0.3) is 0 Å². The molecule has 2 aromatic rings. The molecule has 1 aromatic heterocycles. The first kappa shape index (κ1) is 19.6. The van der Waals surface area contributed by atoms with Gasteiger partial charge in [-0.05, 0) is 30.0 Å². The van der Waals surface area contributed by atoms with Gasteiger partial charge in [0.2, 0.25) is 11.8 Å². The Bertz CT molecular complexity index is 716. The summed E-state index contributed by atoms with van der Waals surface area (Å²) in [7, 11) is 0. The second-order valence-electron chi connectivity index (χ2n) is 6.40. The average molecular weight is 354 g/mol. The highest BCUT2D eigenvalue weighted by atomic mass is 16.2. The summed E-state index contributed by atoms with van der Waals surface area (Å²) in [5, 5.41) is 2.85. The highest BCUT2D eigenvalue weighted by Crippen LogP contribution is 2.19. The number of aryl methyl sites for hydroxylation is 1. The van der Waals surface area contributed by atoms with Crippen molar-refractivity contribution >= 4 is 11.8 Å². The maximum Gasteiger partial charge on any atom is 0.223 e. The Labute approximate surface area is 154 Å². The third kappa shape index (κ3) is 5.67. The van der Waals surface area contributed by atoms with E-state index in [2.05, 4.69) is 10.3 Å². The largest absolute Gasteiger partial charge is 0.369 e. The van der Waals surface area contributed by atoms with E-state index < -0.39 is 17.7 Å². The number of nitrogens with zero attached hydrogens (tertiary/aromatic N) is 1. The monoisotopic (exact) mass is 354 g/mol. The number of pyridine rings is 1. The Morgan fingerprint density at radius 2 is 1.85 bits per heavy atom. The first-order chi connectivity index (χ1) is 12.5. The minimum Gasteiger partial charge on any atom is -0.369 e. The molecule has 0 spiro atoms. The predicted octanol–water partition coefficient (Wildman–Crippen LogP) is 1.53. The van der Waals surface area contributed by atoms with Crippen LogP contribution < -0.4 is 16.8 Å². The van der Waals surface area contributed by atoms with Gasteiger partial charge in [0.15, 0.2) is 0 Å². The van der Waals surface area contributed by atoms with Gasteiger partial charge in [-0.2, -0.15) is 0 Å². The summed E-state index contributed by atoms with van der Waals surface area (Å²) in [5.41, 5.74) is 13.9. The molecule has 5 N–H and O–H groups in total. The van der Waals surface area contributed by atoms with E-state index in [1.807, 2.05) is 42.5 Å². The van der Waals surface area contributed by atoms with Gasteiger partial charge in [-0.3, -0.25) is 14.6 Å². The molecule has 1 aromatic carbocycles. The Morgan fingerprint density at radius 1 is 1.12 bits per heavy atom. The molecule has 0 radical (unpaired) electrons. The van der Waals surface area contributed by atoms with Gasteiger partial charge in [0.05, 0.1) is 5.69 Å². The molecule has 2 amide bonds. The molecule has 2 atom stereocenters. The fraction of sp³-hybridized carbons (Fsp3) is 0.350. The summed E-state index contributed by atoms with van der Waals surface area (Å²) in [6.07, 6.45) is 2.94. The van der Waals surface area contributed by atoms with Crippen molar-refractivity contribution in [2.24, 2.45) is 23.3 Å². The van der Waals surface area contributed by atoms with Crippen LogP contribution >= 0.6 is 0 Å². The minimum atomic E-state index is -0.507. The summed E-state index contributed by atoms with van der Waals surface area (Å²) >= 11 is 0. The Hall–Kier alpha value is -2.73. The molecule has 6 heteroatoms. The topological polar surface area (TPSA) is 111 Å². The number of benzene rings is 1. The summed E-state index contributed by atoms with van der Waals surface area (Å²) in [6, 6.07) is 13.6. The number of carbonyl (C=O) groups excluding carboxylic acids is 2. The van der Waals surface area contributed by atoms with Crippen LogP contribution in [0.15, 0.2) is 48.7 Å². The molecular weight excluding hydrogens is 328 g/mol. The number of amides is 2. The first-order valence-corrected chi connectivity index (χ1v) is 8.76. The van der Waals surface area contributed by atoms with Gasteiger partial charge < -0.3 is 16.8 Å². The molecule has 1 heterocycles. The summed E-state index contributed by atoms with van der Waals surface area (Å²) in [6.45, 7) is 2.47. The van der Waals surface area contributed by atoms with Gasteiger partial charge in [0.25, 0.3) is 0 Å². The molecule has 138 valence electrons. The zero-order chi connectivity index (χ0) is 18.9. The number of carbonyl (C=O) groups is 2. The van der Waals surface area contributed by atoms with E-state index in [1.54, 1.807) is 13.1 Å². The van der Waals surface area contributed by atoms with E-state index in [0.717, 1.165) is 16.8 Å². The van der Waals surface area contributed by atoms with Crippen molar-refractivity contribution in [3.8, 4) is 0 Å². The molecule has 2 rings (SSSR count). The molecule has 0 aliphatic heterocycles. The molecule has 0 bridgehead atoms. The van der Waals surface area contributed by atoms with E-state index in [-0.39, 0.29) is 5.91 Å². The van der Waals surface area contributed by atoms with Crippen LogP contribution in [-0.2, 0) is 29.1 Å². The molecule has 0 aliphatic carbocycles. The molecule has 1 unspecified atom stereocenters. The Morgan fingerprint density at radius 3 is 2.42 bits per heavy atom. The summed E-state index contributed by atoms with van der Waals surface area (Å²) in [4.78, 5) is 28.5. The SMILES string of the molecule is C[C@H](C(=O)NCc1ccc(CN)nc1)C(CCc1ccccc1)C(N)=O. The van der Waals surface area contributed by atoms with Crippen LogP contribution in [0.3, 0.4) is 0 Å². The Balaban J connectivity index is 1.90. The van der Waals surface area contributed by atoms with Crippen molar-refractivity contribution in [2.45, 2.75) is 32.9 Å². The van der Waals surface area contributed by atoms with Crippen molar-refractivity contribution in [3.05, 3.63) is 65.5 Å². The fourth-order valence-electron chi connectivity index (χ4n) is 2.82. The number of rotatable bonds is 9. The predicted molar refractivity (Wildman–Crippen MR) is 101 cm³/mol. The minimum absolute atomic E-state index is 0.190. The number of hydrogen-bond donors (Lipinski definition) is 3. The van der Waals surface area contributed by atoms with Crippen LogP contribution in [0.2, 0.25) is 0 Å². The van der Waals surface area contributed by atoms with Gasteiger partial charge in [0, 0.05) is 31.1 Å². The number of primary amides is 1. The highest BCUT2D eigenvalue weighted by Gasteiger charge is 2.28. The lowest BCUT2D eigenvalue weighted by Gasteiger charge is -2.20. The van der Waals surface area contributed by atoms with Crippen molar-refractivity contribution in [1.82, 2.24) is 10.3 Å². The molecule has 0 aliphatic rings. The zero-order valence-corrected chi connectivity index (χ0v) is 15.0. The number of nitrogens with one attached hydrogen (secondary N) is 1. The van der Waals surface area contributed by atoms with Crippen LogP contribution in [-0.4, -0.2) is 16.8 Å². The smallest absolute Gasteiger partial charge is 0.223 e. The molecule has 0 fully saturated rings. The number of aromatic nitrogens is 1. The van der Waals surface area contributed by atoms with Gasteiger partial charge in [-0.25, -0.2) is 0 Å². The van der Waals surface area contributed by atoms with E-state index in [9.17, 15) is 9.59 Å². The van der Waals surface area contributed by atoms with Gasteiger partial charge in [-0.15, -0.1) is 0 Å². The molecular formula is C20H26N4O2. The first-order valence-electron chi connectivity index (χ1n) is 8.76. The standard InChI is InChI=1S/C20H26N4O2/c1-14(18(19(22)25)10-8-15-5-3-2-4-6-15)20(26)24-13-16-7-9-17(11-21)23-12-16/h2-7,9,12,14,18H,8,10-11,13,21H2,1H3,(H2,22,25)(H,24,26)/t14-,18?/m0/s1. The average Bonchev–Trinajstić information content (AvgIpc) is 2.67. The second-order valence-corrected chi connectivity index (χ2v) is 6.40. The van der Waals surface area contributed by atoms with Crippen molar-refractivity contribution in [3.63, 3.8) is 0 Å². The van der Waals surface area contributed by atoms with Gasteiger partial charge in [-0.1, -0.05) is 43.3 Å².